The number of aryl methyl sites for hydroxylation is 1. The van der Waals surface area contributed by atoms with Gasteiger partial charge in [0, 0.05) is 6.04 Å². The second-order valence-electron chi connectivity index (χ2n) is 3.90. The van der Waals surface area contributed by atoms with Gasteiger partial charge in [0.15, 0.2) is 0 Å². The largest absolute Gasteiger partial charge is 0.506 e. The average Bonchev–Trinajstić information content (AvgIpc) is 2.20. The highest BCUT2D eigenvalue weighted by Gasteiger charge is 2.17. The normalized spacial score (nSPS) is 19.4. The Hall–Kier alpha value is -1.55. The van der Waals surface area contributed by atoms with Crippen molar-refractivity contribution in [3.63, 3.8) is 0 Å². The molecule has 80 valence electrons. The average molecular weight is 206 g/mol. The number of nitrogens with two attached hydrogens (primary N) is 1. The number of hydrogen-bond donors (Lipinski definition) is 3. The summed E-state index contributed by atoms with van der Waals surface area (Å²) >= 11 is 0. The molecule has 4 N–H and O–H groups in total. The number of amides is 1. The molecule has 1 aliphatic carbocycles. The molecule has 1 unspecified atom stereocenters. The molecule has 0 fully saturated rings. The molecule has 0 spiro atoms. The monoisotopic (exact) mass is 206 g/mol. The number of nitrogens with one attached hydrogen (secondary N) is 1. The fourth-order valence-electron chi connectivity index (χ4n) is 2.00. The molecule has 2 rings (SSSR count). The zero-order valence-electron chi connectivity index (χ0n) is 8.36. The Morgan fingerprint density at radius 1 is 1.47 bits per heavy atom. The predicted octanol–water partition coefficient (Wildman–Crippen LogP) is 0.776. The van der Waals surface area contributed by atoms with Crippen molar-refractivity contribution in [3.8, 4) is 5.75 Å². The van der Waals surface area contributed by atoms with Gasteiger partial charge in [0.05, 0.1) is 5.69 Å². The van der Waals surface area contributed by atoms with E-state index >= 15 is 0 Å². The van der Waals surface area contributed by atoms with Gasteiger partial charge in [-0.3, -0.25) is 4.79 Å². The van der Waals surface area contributed by atoms with Gasteiger partial charge in [-0.15, -0.1) is 0 Å². The maximum atomic E-state index is 10.3. The summed E-state index contributed by atoms with van der Waals surface area (Å²) in [5.41, 5.74) is 8.57. The molecule has 0 aromatic heterocycles. The van der Waals surface area contributed by atoms with Crippen molar-refractivity contribution in [2.24, 2.45) is 5.73 Å². The summed E-state index contributed by atoms with van der Waals surface area (Å²) in [5, 5.41) is 12.1. The van der Waals surface area contributed by atoms with Crippen LogP contribution in [-0.2, 0) is 17.6 Å². The van der Waals surface area contributed by atoms with E-state index in [1.807, 2.05) is 0 Å². The number of phenols is 1. The fourth-order valence-corrected chi connectivity index (χ4v) is 2.00. The third kappa shape index (κ3) is 1.94. The molecule has 1 amide bonds. The van der Waals surface area contributed by atoms with Crippen molar-refractivity contribution in [1.82, 2.24) is 0 Å². The van der Waals surface area contributed by atoms with E-state index in [1.165, 1.54) is 0 Å². The quantitative estimate of drug-likeness (QED) is 0.494. The number of rotatable bonds is 2. The molecule has 0 heterocycles. The second-order valence-corrected chi connectivity index (χ2v) is 3.90. The number of aromatic hydroxyl groups is 1. The maximum Gasteiger partial charge on any atom is 0.211 e. The molecule has 0 saturated carbocycles. The van der Waals surface area contributed by atoms with Crippen LogP contribution in [0.25, 0.3) is 0 Å². The molecule has 1 aromatic carbocycles. The first kappa shape index (κ1) is 9.98. The molecule has 0 saturated heterocycles. The molecule has 0 bridgehead atoms. The zero-order chi connectivity index (χ0) is 10.8. The summed E-state index contributed by atoms with van der Waals surface area (Å²) in [7, 11) is 0. The summed E-state index contributed by atoms with van der Waals surface area (Å²) in [6.07, 6.45) is 3.21. The van der Waals surface area contributed by atoms with Crippen LogP contribution in [0.2, 0.25) is 0 Å². The van der Waals surface area contributed by atoms with Crippen LogP contribution in [0, 0.1) is 0 Å². The topological polar surface area (TPSA) is 75.3 Å². The molecule has 1 aromatic rings. The second kappa shape index (κ2) is 3.90. The lowest BCUT2D eigenvalue weighted by Gasteiger charge is -2.22. The molecule has 15 heavy (non-hydrogen) atoms. The molecule has 1 atom stereocenters. The van der Waals surface area contributed by atoms with E-state index in [9.17, 15) is 9.90 Å². The van der Waals surface area contributed by atoms with E-state index in [-0.39, 0.29) is 11.8 Å². The molecule has 4 heteroatoms. The Morgan fingerprint density at radius 2 is 2.27 bits per heavy atom. The number of fused-ring (bicyclic) bond motifs is 1. The molecule has 1 aliphatic rings. The molecular weight excluding hydrogens is 192 g/mol. The number of carbonyl (C=O) groups excluding carboxylic acids is 1. The van der Waals surface area contributed by atoms with Gasteiger partial charge in [-0.05, 0) is 42.5 Å². The minimum atomic E-state index is 0.122. The first-order chi connectivity index (χ1) is 7.20. The van der Waals surface area contributed by atoms with Crippen molar-refractivity contribution in [1.29, 1.82) is 0 Å². The van der Waals surface area contributed by atoms with Crippen LogP contribution in [0.15, 0.2) is 12.1 Å². The Bertz CT molecular complexity index is 390. The minimum absolute atomic E-state index is 0.122. The summed E-state index contributed by atoms with van der Waals surface area (Å²) in [6.45, 7) is 0. The van der Waals surface area contributed by atoms with Crippen molar-refractivity contribution in [2.75, 3.05) is 5.32 Å². The number of phenolic OH excluding ortho intramolecular Hbond substituents is 1. The predicted molar refractivity (Wildman–Crippen MR) is 57.8 cm³/mol. The van der Waals surface area contributed by atoms with Gasteiger partial charge in [-0.2, -0.15) is 0 Å². The van der Waals surface area contributed by atoms with Gasteiger partial charge in [-0.1, -0.05) is 0 Å². The lowest BCUT2D eigenvalue weighted by Crippen LogP contribution is -2.27. The third-order valence-electron chi connectivity index (χ3n) is 2.80. The van der Waals surface area contributed by atoms with Crippen LogP contribution in [0.5, 0.6) is 5.75 Å². The molecule has 0 radical (unpaired) electrons. The Kier molecular flexibility index (Phi) is 2.60. The van der Waals surface area contributed by atoms with E-state index < -0.39 is 0 Å². The Labute approximate surface area is 88.1 Å². The van der Waals surface area contributed by atoms with Crippen LogP contribution in [0.4, 0.5) is 5.69 Å². The summed E-state index contributed by atoms with van der Waals surface area (Å²) in [5.74, 6) is 0.122. The van der Waals surface area contributed by atoms with E-state index in [2.05, 4.69) is 5.32 Å². The van der Waals surface area contributed by atoms with Crippen LogP contribution in [0.3, 0.4) is 0 Å². The van der Waals surface area contributed by atoms with Gasteiger partial charge in [0.2, 0.25) is 6.41 Å². The van der Waals surface area contributed by atoms with Crippen LogP contribution < -0.4 is 11.1 Å². The first-order valence-electron chi connectivity index (χ1n) is 5.01. The van der Waals surface area contributed by atoms with E-state index in [1.54, 1.807) is 12.1 Å². The zero-order valence-corrected chi connectivity index (χ0v) is 8.36. The summed E-state index contributed by atoms with van der Waals surface area (Å²) in [6, 6.07) is 3.71. The smallest absolute Gasteiger partial charge is 0.211 e. The van der Waals surface area contributed by atoms with Gasteiger partial charge in [0.25, 0.3) is 0 Å². The lowest BCUT2D eigenvalue weighted by molar-refractivity contribution is -0.105. The highest BCUT2D eigenvalue weighted by molar-refractivity contribution is 5.76. The highest BCUT2D eigenvalue weighted by Crippen LogP contribution is 2.31. The fraction of sp³-hybridized carbons (Fsp3) is 0.364. The number of benzene rings is 1. The van der Waals surface area contributed by atoms with E-state index in [0.717, 1.165) is 30.4 Å². The lowest BCUT2D eigenvalue weighted by atomic mass is 9.88. The third-order valence-corrected chi connectivity index (χ3v) is 2.80. The highest BCUT2D eigenvalue weighted by atomic mass is 16.3. The minimum Gasteiger partial charge on any atom is -0.506 e. The van der Waals surface area contributed by atoms with Gasteiger partial charge >= 0.3 is 0 Å². The number of anilines is 1. The van der Waals surface area contributed by atoms with Crippen LogP contribution in [0.1, 0.15) is 17.5 Å². The summed E-state index contributed by atoms with van der Waals surface area (Å²) < 4.78 is 0. The molecule has 0 aliphatic heterocycles. The van der Waals surface area contributed by atoms with Crippen molar-refractivity contribution in [3.05, 3.63) is 23.3 Å². The molecule has 4 nitrogen and oxygen atoms in total. The van der Waals surface area contributed by atoms with Crippen molar-refractivity contribution in [2.45, 2.75) is 25.3 Å². The van der Waals surface area contributed by atoms with Gasteiger partial charge in [-0.25, -0.2) is 0 Å². The van der Waals surface area contributed by atoms with E-state index in [0.29, 0.717) is 12.1 Å². The summed E-state index contributed by atoms with van der Waals surface area (Å²) in [4.78, 5) is 10.3. The first-order valence-corrected chi connectivity index (χ1v) is 5.01. The standard InChI is InChI=1S/C11H14N2O2/c12-9-2-1-7-5-11(15)10(13-6-14)4-8(7)3-9/h4-6,9,15H,1-3,12H2,(H,13,14). The van der Waals surface area contributed by atoms with E-state index in [4.69, 9.17) is 5.73 Å². The van der Waals surface area contributed by atoms with Gasteiger partial charge < -0.3 is 16.2 Å². The van der Waals surface area contributed by atoms with Crippen molar-refractivity contribution >= 4 is 12.1 Å². The van der Waals surface area contributed by atoms with Gasteiger partial charge in [0.1, 0.15) is 5.75 Å². The molecular formula is C11H14N2O2. The number of carbonyl (C=O) groups is 1. The van der Waals surface area contributed by atoms with Crippen LogP contribution >= 0.6 is 0 Å². The Morgan fingerprint density at radius 3 is 3.00 bits per heavy atom. The maximum absolute atomic E-state index is 10.3. The van der Waals surface area contributed by atoms with Crippen molar-refractivity contribution < 1.29 is 9.90 Å². The Balaban J connectivity index is 2.37. The number of hydrogen-bond acceptors (Lipinski definition) is 3. The van der Waals surface area contributed by atoms with Crippen LogP contribution in [-0.4, -0.2) is 17.6 Å². The SMILES string of the molecule is NC1CCc2cc(O)c(NC=O)cc2C1.